The highest BCUT2D eigenvalue weighted by Crippen LogP contribution is 2.23. The summed E-state index contributed by atoms with van der Waals surface area (Å²) in [6.45, 7) is 6.78. The van der Waals surface area contributed by atoms with Gasteiger partial charge in [0, 0.05) is 19.6 Å². The van der Waals surface area contributed by atoms with Crippen molar-refractivity contribution in [3.05, 3.63) is 34.4 Å². The number of rotatable bonds is 9. The van der Waals surface area contributed by atoms with Crippen LogP contribution in [0.15, 0.2) is 12.1 Å². The molecule has 126 valence electrons. The van der Waals surface area contributed by atoms with Crippen molar-refractivity contribution in [1.29, 1.82) is 0 Å². The van der Waals surface area contributed by atoms with Crippen LogP contribution < -0.4 is 11.1 Å². The molecule has 0 aliphatic rings. The Morgan fingerprint density at radius 1 is 0.909 bits per heavy atom. The first kappa shape index (κ1) is 19.1. The van der Waals surface area contributed by atoms with Crippen LogP contribution in [0.25, 0.3) is 0 Å². The molecule has 3 atom stereocenters. The molecule has 1 aromatic carbocycles. The molecule has 22 heavy (non-hydrogen) atoms. The van der Waals surface area contributed by atoms with Crippen LogP contribution in [0.2, 0.25) is 0 Å². The third-order valence-electron chi connectivity index (χ3n) is 3.60. The molecule has 0 radical (unpaired) electrons. The number of hydrogen-bond donors (Lipinski definition) is 5. The molecular formula is C17H30N2O3. The van der Waals surface area contributed by atoms with E-state index in [0.29, 0.717) is 32.5 Å². The first-order valence-electron chi connectivity index (χ1n) is 7.92. The van der Waals surface area contributed by atoms with Crippen molar-refractivity contribution < 1.29 is 15.3 Å². The molecule has 0 fully saturated rings. The van der Waals surface area contributed by atoms with E-state index in [4.69, 9.17) is 5.73 Å². The van der Waals surface area contributed by atoms with Crippen molar-refractivity contribution in [3.8, 4) is 0 Å². The number of aliphatic hydroxyl groups is 3. The van der Waals surface area contributed by atoms with Crippen LogP contribution >= 0.6 is 0 Å². The zero-order chi connectivity index (χ0) is 16.7. The van der Waals surface area contributed by atoms with Crippen molar-refractivity contribution in [2.24, 2.45) is 5.73 Å². The molecule has 0 aliphatic carbocycles. The summed E-state index contributed by atoms with van der Waals surface area (Å²) in [4.78, 5) is 0. The lowest BCUT2D eigenvalue weighted by molar-refractivity contribution is 0.188. The van der Waals surface area contributed by atoms with Gasteiger partial charge in [-0.15, -0.1) is 0 Å². The Morgan fingerprint density at radius 2 is 1.50 bits per heavy atom. The van der Waals surface area contributed by atoms with Crippen LogP contribution in [0, 0.1) is 0 Å². The summed E-state index contributed by atoms with van der Waals surface area (Å²) in [5.41, 5.74) is 10.1. The summed E-state index contributed by atoms with van der Waals surface area (Å²) in [5, 5.41) is 32.0. The van der Waals surface area contributed by atoms with Gasteiger partial charge in [0.25, 0.3) is 0 Å². The molecule has 3 unspecified atom stereocenters. The van der Waals surface area contributed by atoms with Gasteiger partial charge in [-0.1, -0.05) is 12.1 Å². The van der Waals surface area contributed by atoms with Crippen LogP contribution in [0.1, 0.15) is 43.0 Å². The Morgan fingerprint density at radius 3 is 2.00 bits per heavy atom. The molecular weight excluding hydrogens is 280 g/mol. The van der Waals surface area contributed by atoms with Gasteiger partial charge in [-0.3, -0.25) is 0 Å². The van der Waals surface area contributed by atoms with E-state index in [2.05, 4.69) is 5.32 Å². The summed E-state index contributed by atoms with van der Waals surface area (Å²) < 4.78 is 0. The zero-order valence-corrected chi connectivity index (χ0v) is 13.8. The first-order chi connectivity index (χ1) is 10.3. The normalized spacial score (nSPS) is 15.6. The molecule has 1 aromatic rings. The SMILES string of the molecule is CC(O)CNCc1ccc(CC(C)O)c(CC(C)O)c1CN. The summed E-state index contributed by atoms with van der Waals surface area (Å²) in [6.07, 6.45) is -0.209. The van der Waals surface area contributed by atoms with Gasteiger partial charge in [0.2, 0.25) is 0 Å². The maximum absolute atomic E-state index is 9.77. The van der Waals surface area contributed by atoms with E-state index in [0.717, 1.165) is 22.3 Å². The van der Waals surface area contributed by atoms with Gasteiger partial charge >= 0.3 is 0 Å². The van der Waals surface area contributed by atoms with Gasteiger partial charge in [0.15, 0.2) is 0 Å². The molecule has 5 nitrogen and oxygen atoms in total. The van der Waals surface area contributed by atoms with Crippen molar-refractivity contribution in [2.75, 3.05) is 6.54 Å². The van der Waals surface area contributed by atoms with Crippen molar-refractivity contribution in [2.45, 2.75) is 65.0 Å². The lowest BCUT2D eigenvalue weighted by atomic mass is 9.89. The molecule has 0 amide bonds. The highest BCUT2D eigenvalue weighted by Gasteiger charge is 2.15. The van der Waals surface area contributed by atoms with E-state index in [1.165, 1.54) is 0 Å². The molecule has 5 heteroatoms. The predicted molar refractivity (Wildman–Crippen MR) is 88.5 cm³/mol. The van der Waals surface area contributed by atoms with Gasteiger partial charge in [-0.2, -0.15) is 0 Å². The van der Waals surface area contributed by atoms with E-state index in [1.807, 2.05) is 12.1 Å². The largest absolute Gasteiger partial charge is 0.393 e. The second kappa shape index (κ2) is 9.22. The second-order valence-electron chi connectivity index (χ2n) is 6.13. The molecule has 1 rings (SSSR count). The smallest absolute Gasteiger partial charge is 0.0636 e. The van der Waals surface area contributed by atoms with Gasteiger partial charge < -0.3 is 26.4 Å². The molecule has 0 saturated carbocycles. The van der Waals surface area contributed by atoms with Crippen molar-refractivity contribution in [1.82, 2.24) is 5.32 Å². The standard InChI is InChI=1S/C17H30N2O3/c1-11(20)6-14-4-5-15(10-19-9-13(3)22)17(8-18)16(14)7-12(2)21/h4-5,11-13,19-22H,6-10,18H2,1-3H3. The number of hydrogen-bond acceptors (Lipinski definition) is 5. The van der Waals surface area contributed by atoms with Crippen LogP contribution in [0.4, 0.5) is 0 Å². The molecule has 0 spiro atoms. The van der Waals surface area contributed by atoms with Crippen LogP contribution in [0.5, 0.6) is 0 Å². The number of benzene rings is 1. The van der Waals surface area contributed by atoms with Gasteiger partial charge in [0.1, 0.15) is 0 Å². The van der Waals surface area contributed by atoms with Crippen LogP contribution in [-0.2, 0) is 25.9 Å². The minimum atomic E-state index is -0.460. The summed E-state index contributed by atoms with van der Waals surface area (Å²) in [7, 11) is 0. The maximum atomic E-state index is 9.77. The van der Waals surface area contributed by atoms with Gasteiger partial charge in [-0.25, -0.2) is 0 Å². The lowest BCUT2D eigenvalue weighted by Gasteiger charge is -2.20. The molecule has 0 aliphatic heterocycles. The van der Waals surface area contributed by atoms with E-state index < -0.39 is 18.3 Å². The highest BCUT2D eigenvalue weighted by atomic mass is 16.3. The molecule has 6 N–H and O–H groups in total. The number of nitrogens with two attached hydrogens (primary N) is 1. The molecule has 0 saturated heterocycles. The third kappa shape index (κ3) is 6.02. The van der Waals surface area contributed by atoms with Gasteiger partial charge in [0.05, 0.1) is 18.3 Å². The quantitative estimate of drug-likeness (QED) is 0.456. The van der Waals surface area contributed by atoms with E-state index >= 15 is 0 Å². The first-order valence-corrected chi connectivity index (χ1v) is 7.92. The number of aliphatic hydroxyl groups excluding tert-OH is 3. The lowest BCUT2D eigenvalue weighted by Crippen LogP contribution is -2.25. The van der Waals surface area contributed by atoms with Crippen molar-refractivity contribution in [3.63, 3.8) is 0 Å². The fourth-order valence-electron chi connectivity index (χ4n) is 2.68. The number of nitrogens with one attached hydrogen (secondary N) is 1. The fourth-order valence-corrected chi connectivity index (χ4v) is 2.68. The average molecular weight is 310 g/mol. The Hall–Kier alpha value is -0.980. The molecule has 0 aromatic heterocycles. The monoisotopic (exact) mass is 310 g/mol. The van der Waals surface area contributed by atoms with Crippen LogP contribution in [-0.4, -0.2) is 40.2 Å². The molecule has 0 heterocycles. The Bertz CT molecular complexity index is 459. The van der Waals surface area contributed by atoms with Crippen molar-refractivity contribution >= 4 is 0 Å². The predicted octanol–water partition coefficient (Wildman–Crippen LogP) is 0.462. The summed E-state index contributed by atoms with van der Waals surface area (Å²) in [6, 6.07) is 4.02. The topological polar surface area (TPSA) is 98.7 Å². The van der Waals surface area contributed by atoms with Gasteiger partial charge in [-0.05, 0) is 55.9 Å². The van der Waals surface area contributed by atoms with E-state index in [9.17, 15) is 15.3 Å². The summed E-state index contributed by atoms with van der Waals surface area (Å²) in [5.74, 6) is 0. The zero-order valence-electron chi connectivity index (χ0n) is 13.8. The highest BCUT2D eigenvalue weighted by molar-refractivity contribution is 5.42. The van der Waals surface area contributed by atoms with E-state index in [1.54, 1.807) is 20.8 Å². The minimum Gasteiger partial charge on any atom is -0.393 e. The average Bonchev–Trinajstić information content (AvgIpc) is 2.40. The second-order valence-corrected chi connectivity index (χ2v) is 6.13. The summed E-state index contributed by atoms with van der Waals surface area (Å²) >= 11 is 0. The Balaban J connectivity index is 3.07. The van der Waals surface area contributed by atoms with E-state index in [-0.39, 0.29) is 0 Å². The minimum absolute atomic E-state index is 0.390. The Labute approximate surface area is 133 Å². The maximum Gasteiger partial charge on any atom is 0.0636 e. The molecule has 0 bridgehead atoms. The third-order valence-corrected chi connectivity index (χ3v) is 3.60. The van der Waals surface area contributed by atoms with Crippen LogP contribution in [0.3, 0.4) is 0 Å². The fraction of sp³-hybridized carbons (Fsp3) is 0.647. The Kier molecular flexibility index (Phi) is 8.00.